The number of halogens is 2. The average molecular weight is 355 g/mol. The van der Waals surface area contributed by atoms with E-state index in [1.165, 1.54) is 12.1 Å². The Morgan fingerprint density at radius 2 is 1.81 bits per heavy atom. The van der Waals surface area contributed by atoms with E-state index in [0.717, 1.165) is 0 Å². The molecule has 1 aromatic heterocycles. The van der Waals surface area contributed by atoms with Gasteiger partial charge in [0.2, 0.25) is 10.0 Å². The molecule has 1 atom stereocenters. The van der Waals surface area contributed by atoms with Crippen LogP contribution in [0.5, 0.6) is 0 Å². The summed E-state index contributed by atoms with van der Waals surface area (Å²) in [5.74, 6) is 0. The van der Waals surface area contributed by atoms with E-state index < -0.39 is 10.0 Å². The van der Waals surface area contributed by atoms with Crippen molar-refractivity contribution in [3.05, 3.63) is 17.2 Å². The summed E-state index contributed by atoms with van der Waals surface area (Å²) < 4.78 is 32.5. The summed E-state index contributed by atoms with van der Waals surface area (Å²) in [7, 11) is 1.93. The van der Waals surface area contributed by atoms with Crippen LogP contribution in [0.15, 0.2) is 21.7 Å². The first kappa shape index (κ1) is 18.1. The van der Waals surface area contributed by atoms with Gasteiger partial charge in [0.05, 0.1) is 26.2 Å². The van der Waals surface area contributed by atoms with Crippen LogP contribution in [-0.4, -0.2) is 50.5 Å². The Bertz CT molecular complexity index is 739. The third-order valence-electron chi connectivity index (χ3n) is 3.11. The Labute approximate surface area is 134 Å². The predicted molar refractivity (Wildman–Crippen MR) is 74.6 cm³/mol. The van der Waals surface area contributed by atoms with E-state index in [0.29, 0.717) is 9.51 Å². The maximum absolute atomic E-state index is 12.4. The normalized spacial score (nSPS) is 14.0. The zero-order valence-corrected chi connectivity index (χ0v) is 14.3. The summed E-state index contributed by atoms with van der Waals surface area (Å²) in [5.41, 5.74) is 0.353. The number of sulfonamides is 1. The molecule has 1 aromatic carbocycles. The highest BCUT2D eigenvalue weighted by Gasteiger charge is 2.28. The highest BCUT2D eigenvalue weighted by molar-refractivity contribution is 7.89. The van der Waals surface area contributed by atoms with Crippen molar-refractivity contribution < 1.29 is 29.9 Å². The molecule has 1 N–H and O–H groups in total. The van der Waals surface area contributed by atoms with Crippen molar-refractivity contribution in [3.63, 3.8) is 0 Å². The van der Waals surface area contributed by atoms with E-state index in [2.05, 4.69) is 19.7 Å². The molecular weight excluding hydrogens is 339 g/mol. The number of nitrogens with one attached hydrogen (secondary N) is 1. The van der Waals surface area contributed by atoms with E-state index in [9.17, 15) is 8.42 Å². The van der Waals surface area contributed by atoms with Gasteiger partial charge in [0.1, 0.15) is 4.90 Å². The van der Waals surface area contributed by atoms with Crippen molar-refractivity contribution in [2.24, 2.45) is 0 Å². The fourth-order valence-corrected chi connectivity index (χ4v) is 3.19. The van der Waals surface area contributed by atoms with Gasteiger partial charge in [-0.3, -0.25) is 0 Å². The number of fused-ring (bicyclic) bond motifs is 1. The van der Waals surface area contributed by atoms with Crippen molar-refractivity contribution >= 4 is 32.7 Å². The van der Waals surface area contributed by atoms with Gasteiger partial charge in [0.15, 0.2) is 17.2 Å². The maximum Gasteiger partial charge on any atom is 0.247 e. The first-order valence-electron chi connectivity index (χ1n) is 5.87. The van der Waals surface area contributed by atoms with Crippen LogP contribution in [0.3, 0.4) is 0 Å². The molecule has 10 heteroatoms. The zero-order valence-electron chi connectivity index (χ0n) is 12.0. The van der Waals surface area contributed by atoms with Crippen molar-refractivity contribution in [1.29, 1.82) is 0 Å². The topological polar surface area (TPSA) is 85.1 Å². The molecule has 0 amide bonds. The van der Waals surface area contributed by atoms with Crippen LogP contribution >= 0.6 is 11.6 Å². The second-order valence-corrected chi connectivity index (χ2v) is 7.51. The summed E-state index contributed by atoms with van der Waals surface area (Å²) in [6.45, 7) is 1.78. The lowest BCUT2D eigenvalue weighted by Crippen LogP contribution is -3.00. The lowest BCUT2D eigenvalue weighted by Gasteiger charge is -2.31. The van der Waals surface area contributed by atoms with Gasteiger partial charge in [-0.05, 0) is 22.4 Å². The molecule has 0 saturated carbocycles. The largest absolute Gasteiger partial charge is 1.00 e. The van der Waals surface area contributed by atoms with Gasteiger partial charge < -0.3 is 16.9 Å². The standard InChI is InChI=1S/C11H16ClN4O3S.ClH/c1-7(16(2,3)4)15-20(17,18)9-6-5-8(12)10-11(9)14-19-13-10;/h5-7,15H,1-4H3;1H/q+1;/p-1. The lowest BCUT2D eigenvalue weighted by molar-refractivity contribution is -0.895. The zero-order chi connectivity index (χ0) is 15.1. The van der Waals surface area contributed by atoms with Crippen molar-refractivity contribution in [2.75, 3.05) is 21.1 Å². The monoisotopic (exact) mass is 354 g/mol. The van der Waals surface area contributed by atoms with Crippen LogP contribution in [0.4, 0.5) is 0 Å². The first-order valence-corrected chi connectivity index (χ1v) is 7.73. The summed E-state index contributed by atoms with van der Waals surface area (Å²) in [6.07, 6.45) is -0.314. The molecule has 2 rings (SSSR count). The van der Waals surface area contributed by atoms with Gasteiger partial charge in [-0.2, -0.15) is 4.72 Å². The number of hydrogen-bond donors (Lipinski definition) is 1. The number of hydrogen-bond acceptors (Lipinski definition) is 5. The predicted octanol–water partition coefficient (Wildman–Crippen LogP) is -1.79. The van der Waals surface area contributed by atoms with Crippen molar-refractivity contribution in [3.8, 4) is 0 Å². The van der Waals surface area contributed by atoms with Gasteiger partial charge in [-0.1, -0.05) is 11.6 Å². The van der Waals surface area contributed by atoms with Crippen LogP contribution in [0.1, 0.15) is 6.92 Å². The number of nitrogens with zero attached hydrogens (tertiary/aromatic N) is 3. The SMILES string of the molecule is CC(NS(=O)(=O)c1ccc(Cl)c2nonc12)[N+](C)(C)C.[Cl-]. The van der Waals surface area contributed by atoms with E-state index >= 15 is 0 Å². The number of quaternary nitrogens is 1. The minimum Gasteiger partial charge on any atom is -1.00 e. The third kappa shape index (κ3) is 3.64. The molecular formula is C11H16Cl2N4O3S. The Morgan fingerprint density at radius 1 is 1.24 bits per heavy atom. The fourth-order valence-electron chi connectivity index (χ4n) is 1.48. The summed E-state index contributed by atoms with van der Waals surface area (Å²) in [6, 6.07) is 2.85. The molecule has 0 bridgehead atoms. The molecule has 21 heavy (non-hydrogen) atoms. The van der Waals surface area contributed by atoms with Gasteiger partial charge in [0, 0.05) is 6.92 Å². The van der Waals surface area contributed by atoms with Gasteiger partial charge >= 0.3 is 0 Å². The minimum absolute atomic E-state index is 0. The van der Waals surface area contributed by atoms with Crippen LogP contribution in [0, 0.1) is 0 Å². The minimum atomic E-state index is -3.74. The van der Waals surface area contributed by atoms with E-state index in [4.69, 9.17) is 11.6 Å². The molecule has 118 valence electrons. The van der Waals surface area contributed by atoms with Gasteiger partial charge in [0.25, 0.3) is 0 Å². The van der Waals surface area contributed by atoms with Crippen molar-refractivity contribution in [2.45, 2.75) is 18.0 Å². The third-order valence-corrected chi connectivity index (χ3v) is 4.97. The van der Waals surface area contributed by atoms with Crippen LogP contribution < -0.4 is 17.1 Å². The Hall–Kier alpha value is -0.930. The van der Waals surface area contributed by atoms with E-state index in [1.54, 1.807) is 6.92 Å². The van der Waals surface area contributed by atoms with Gasteiger partial charge in [-0.25, -0.2) is 13.0 Å². The number of rotatable bonds is 4. The van der Waals surface area contributed by atoms with E-state index in [-0.39, 0.29) is 34.5 Å². The van der Waals surface area contributed by atoms with Crippen LogP contribution in [0.25, 0.3) is 11.0 Å². The summed E-state index contributed by atoms with van der Waals surface area (Å²) in [4.78, 5) is -0.00144. The fraction of sp³-hybridized carbons (Fsp3) is 0.455. The first-order chi connectivity index (χ1) is 9.13. The van der Waals surface area contributed by atoms with Crippen molar-refractivity contribution in [1.82, 2.24) is 15.0 Å². The quantitative estimate of drug-likeness (QED) is 0.517. The molecule has 0 saturated heterocycles. The molecule has 1 heterocycles. The maximum atomic E-state index is 12.4. The molecule has 0 radical (unpaired) electrons. The summed E-state index contributed by atoms with van der Waals surface area (Å²) in [5, 5.41) is 7.52. The molecule has 0 spiro atoms. The molecule has 0 aliphatic rings. The Balaban J connectivity index is 0.00000220. The molecule has 2 aromatic rings. The second-order valence-electron chi connectivity index (χ2n) is 5.42. The Morgan fingerprint density at radius 3 is 2.38 bits per heavy atom. The highest BCUT2D eigenvalue weighted by Crippen LogP contribution is 2.26. The summed E-state index contributed by atoms with van der Waals surface area (Å²) >= 11 is 5.92. The highest BCUT2D eigenvalue weighted by atomic mass is 35.5. The van der Waals surface area contributed by atoms with Crippen LogP contribution in [-0.2, 0) is 10.0 Å². The Kier molecular flexibility index (Phi) is 5.22. The van der Waals surface area contributed by atoms with Crippen LogP contribution in [0.2, 0.25) is 5.02 Å². The average Bonchev–Trinajstić information content (AvgIpc) is 2.76. The second kappa shape index (κ2) is 6.05. The smallest absolute Gasteiger partial charge is 0.247 e. The lowest BCUT2D eigenvalue weighted by atomic mass is 10.3. The molecule has 0 aliphatic carbocycles. The van der Waals surface area contributed by atoms with Gasteiger partial charge in [-0.15, -0.1) is 0 Å². The molecule has 0 aliphatic heterocycles. The van der Waals surface area contributed by atoms with E-state index in [1.807, 2.05) is 21.1 Å². The molecule has 1 unspecified atom stereocenters. The number of aromatic nitrogens is 2. The molecule has 7 nitrogen and oxygen atoms in total. The molecule has 0 fully saturated rings. The number of benzene rings is 1.